The van der Waals surface area contributed by atoms with Crippen LogP contribution in [0, 0.1) is 0 Å². The summed E-state index contributed by atoms with van der Waals surface area (Å²) in [6.07, 6.45) is 3.13. The summed E-state index contributed by atoms with van der Waals surface area (Å²) in [4.78, 5) is 36.1. The summed E-state index contributed by atoms with van der Waals surface area (Å²) in [6, 6.07) is 12.2. The van der Waals surface area contributed by atoms with Crippen molar-refractivity contribution in [2.24, 2.45) is 0 Å². The van der Waals surface area contributed by atoms with Crippen LogP contribution in [0.2, 0.25) is 0 Å². The van der Waals surface area contributed by atoms with Gasteiger partial charge in [-0.2, -0.15) is 0 Å². The second-order valence-electron chi connectivity index (χ2n) is 6.34. The number of aryl methyl sites for hydroxylation is 2. The quantitative estimate of drug-likeness (QED) is 0.600. The van der Waals surface area contributed by atoms with Gasteiger partial charge in [0, 0.05) is 11.1 Å². The molecule has 0 saturated heterocycles. The number of benzene rings is 2. The maximum Gasteiger partial charge on any atom is 0.325 e. The van der Waals surface area contributed by atoms with E-state index in [1.54, 1.807) is 30.3 Å². The van der Waals surface area contributed by atoms with E-state index in [-0.39, 0.29) is 18.9 Å². The van der Waals surface area contributed by atoms with Gasteiger partial charge in [-0.05, 0) is 54.7 Å². The molecule has 0 saturated carbocycles. The van der Waals surface area contributed by atoms with Gasteiger partial charge in [0.25, 0.3) is 5.91 Å². The normalized spacial score (nSPS) is 12.2. The van der Waals surface area contributed by atoms with Crippen molar-refractivity contribution in [3.63, 3.8) is 0 Å². The molecule has 0 radical (unpaired) electrons. The predicted octanol–water partition coefficient (Wildman–Crippen LogP) is 2.34. The molecular weight excluding hydrogens is 346 g/mol. The van der Waals surface area contributed by atoms with Crippen LogP contribution in [0.15, 0.2) is 42.5 Å². The van der Waals surface area contributed by atoms with Crippen LogP contribution in [-0.2, 0) is 22.4 Å². The van der Waals surface area contributed by atoms with Crippen molar-refractivity contribution in [3.05, 3.63) is 64.7 Å². The highest BCUT2D eigenvalue weighted by molar-refractivity contribution is 5.99. The first kappa shape index (κ1) is 18.6. The highest BCUT2D eigenvalue weighted by Crippen LogP contribution is 2.23. The average Bonchev–Trinajstić information content (AvgIpc) is 3.18. The number of rotatable bonds is 7. The maximum atomic E-state index is 12.2. The van der Waals surface area contributed by atoms with Gasteiger partial charge >= 0.3 is 5.97 Å². The number of fused-ring (bicyclic) bond motifs is 1. The van der Waals surface area contributed by atoms with Gasteiger partial charge < -0.3 is 14.8 Å². The maximum absolute atomic E-state index is 12.2. The number of methoxy groups -OCH3 is 1. The van der Waals surface area contributed by atoms with E-state index in [2.05, 4.69) is 5.32 Å². The molecule has 1 amide bonds. The lowest BCUT2D eigenvalue weighted by Crippen LogP contribution is -2.31. The van der Waals surface area contributed by atoms with Gasteiger partial charge in [0.1, 0.15) is 12.3 Å². The standard InChI is InChI=1S/C21H21NO5/c1-26-18-7-3-6-17(11-18)21(25)22-12-20(24)27-13-19(23)16-9-8-14-4-2-5-15(14)10-16/h3,6-11H,2,4-5,12-13H2,1H3,(H,22,25). The summed E-state index contributed by atoms with van der Waals surface area (Å²) in [7, 11) is 1.51. The zero-order chi connectivity index (χ0) is 19.2. The second kappa shape index (κ2) is 8.49. The van der Waals surface area contributed by atoms with Crippen LogP contribution in [0.5, 0.6) is 5.75 Å². The van der Waals surface area contributed by atoms with E-state index in [9.17, 15) is 14.4 Å². The predicted molar refractivity (Wildman–Crippen MR) is 99.1 cm³/mol. The molecule has 0 aliphatic heterocycles. The monoisotopic (exact) mass is 367 g/mol. The Morgan fingerprint density at radius 3 is 2.63 bits per heavy atom. The summed E-state index contributed by atoms with van der Waals surface area (Å²) < 4.78 is 10.0. The Balaban J connectivity index is 1.46. The van der Waals surface area contributed by atoms with E-state index in [1.807, 2.05) is 12.1 Å². The molecule has 0 unspecified atom stereocenters. The van der Waals surface area contributed by atoms with Gasteiger partial charge in [-0.3, -0.25) is 14.4 Å². The fraction of sp³-hybridized carbons (Fsp3) is 0.286. The Morgan fingerprint density at radius 2 is 1.81 bits per heavy atom. The summed E-state index contributed by atoms with van der Waals surface area (Å²) in [6.45, 7) is -0.653. The van der Waals surface area contributed by atoms with Gasteiger partial charge in [-0.1, -0.05) is 18.2 Å². The summed E-state index contributed by atoms with van der Waals surface area (Å²) in [5.74, 6) is -0.793. The number of ether oxygens (including phenoxy) is 2. The van der Waals surface area contributed by atoms with Crippen LogP contribution in [-0.4, -0.2) is 37.9 Å². The van der Waals surface area contributed by atoms with Gasteiger partial charge in [-0.15, -0.1) is 0 Å². The van der Waals surface area contributed by atoms with Crippen LogP contribution in [0.25, 0.3) is 0 Å². The van der Waals surface area contributed by atoms with Crippen LogP contribution >= 0.6 is 0 Å². The number of carbonyl (C=O) groups excluding carboxylic acids is 3. The molecule has 0 heterocycles. The van der Waals surface area contributed by atoms with E-state index in [0.717, 1.165) is 19.3 Å². The van der Waals surface area contributed by atoms with Crippen molar-refractivity contribution in [2.75, 3.05) is 20.3 Å². The molecule has 0 aromatic heterocycles. The third kappa shape index (κ3) is 4.73. The molecule has 1 N–H and O–H groups in total. The number of esters is 1. The molecule has 2 aromatic carbocycles. The molecular formula is C21H21NO5. The minimum atomic E-state index is -0.666. The van der Waals surface area contributed by atoms with Gasteiger partial charge in [0.15, 0.2) is 12.4 Å². The number of ketones is 1. The molecule has 1 aliphatic carbocycles. The highest BCUT2D eigenvalue weighted by atomic mass is 16.5. The number of nitrogens with one attached hydrogen (secondary N) is 1. The summed E-state index contributed by atoms with van der Waals surface area (Å²) in [5.41, 5.74) is 3.39. The van der Waals surface area contributed by atoms with E-state index in [1.165, 1.54) is 18.2 Å². The lowest BCUT2D eigenvalue weighted by Gasteiger charge is -2.08. The van der Waals surface area contributed by atoms with Crippen LogP contribution < -0.4 is 10.1 Å². The Labute approximate surface area is 157 Å². The molecule has 3 rings (SSSR count). The minimum Gasteiger partial charge on any atom is -0.497 e. The Bertz CT molecular complexity index is 875. The number of carbonyl (C=O) groups is 3. The summed E-state index contributed by atoms with van der Waals surface area (Å²) in [5, 5.41) is 2.47. The van der Waals surface area contributed by atoms with Crippen molar-refractivity contribution >= 4 is 17.7 Å². The van der Waals surface area contributed by atoms with Crippen LogP contribution in [0.4, 0.5) is 0 Å². The zero-order valence-corrected chi connectivity index (χ0v) is 15.1. The van der Waals surface area contributed by atoms with Crippen LogP contribution in [0.1, 0.15) is 38.3 Å². The highest BCUT2D eigenvalue weighted by Gasteiger charge is 2.16. The minimum absolute atomic E-state index is 0.253. The Hall–Kier alpha value is -3.15. The number of amides is 1. The molecule has 0 spiro atoms. The summed E-state index contributed by atoms with van der Waals surface area (Å²) >= 11 is 0. The van der Waals surface area contributed by atoms with E-state index < -0.39 is 11.9 Å². The first-order valence-corrected chi connectivity index (χ1v) is 8.79. The molecule has 140 valence electrons. The van der Waals surface area contributed by atoms with Gasteiger partial charge in [0.2, 0.25) is 0 Å². The zero-order valence-electron chi connectivity index (χ0n) is 15.1. The number of hydrogen-bond donors (Lipinski definition) is 1. The lowest BCUT2D eigenvalue weighted by atomic mass is 10.0. The third-order valence-corrected chi connectivity index (χ3v) is 4.51. The van der Waals surface area contributed by atoms with Crippen molar-refractivity contribution in [3.8, 4) is 5.75 Å². The van der Waals surface area contributed by atoms with Crippen LogP contribution in [0.3, 0.4) is 0 Å². The number of hydrogen-bond acceptors (Lipinski definition) is 5. The molecule has 0 fully saturated rings. The fourth-order valence-electron chi connectivity index (χ4n) is 3.04. The van der Waals surface area contributed by atoms with Gasteiger partial charge in [-0.25, -0.2) is 0 Å². The second-order valence-corrected chi connectivity index (χ2v) is 6.34. The molecule has 2 aromatic rings. The molecule has 27 heavy (non-hydrogen) atoms. The molecule has 0 atom stereocenters. The first-order chi connectivity index (χ1) is 13.1. The smallest absolute Gasteiger partial charge is 0.325 e. The fourth-order valence-corrected chi connectivity index (χ4v) is 3.04. The van der Waals surface area contributed by atoms with Gasteiger partial charge in [0.05, 0.1) is 7.11 Å². The molecule has 0 bridgehead atoms. The van der Waals surface area contributed by atoms with E-state index >= 15 is 0 Å². The molecule has 6 nitrogen and oxygen atoms in total. The Kier molecular flexibility index (Phi) is 5.86. The Morgan fingerprint density at radius 1 is 1.00 bits per heavy atom. The third-order valence-electron chi connectivity index (χ3n) is 4.51. The van der Waals surface area contributed by atoms with Crippen molar-refractivity contribution in [1.82, 2.24) is 5.32 Å². The van der Waals surface area contributed by atoms with Crippen molar-refractivity contribution < 1.29 is 23.9 Å². The largest absolute Gasteiger partial charge is 0.497 e. The first-order valence-electron chi connectivity index (χ1n) is 8.79. The molecule has 6 heteroatoms. The topological polar surface area (TPSA) is 81.7 Å². The average molecular weight is 367 g/mol. The lowest BCUT2D eigenvalue weighted by molar-refractivity contribution is -0.141. The molecule has 1 aliphatic rings. The van der Waals surface area contributed by atoms with E-state index in [0.29, 0.717) is 16.9 Å². The SMILES string of the molecule is COc1cccc(C(=O)NCC(=O)OCC(=O)c2ccc3c(c2)CCC3)c1. The van der Waals surface area contributed by atoms with E-state index in [4.69, 9.17) is 9.47 Å². The van der Waals surface area contributed by atoms with Crippen molar-refractivity contribution in [2.45, 2.75) is 19.3 Å². The van der Waals surface area contributed by atoms with Crippen molar-refractivity contribution in [1.29, 1.82) is 0 Å². The number of Topliss-reactive ketones (excluding diaryl/α,β-unsaturated/α-hetero) is 1.